The zero-order chi connectivity index (χ0) is 24.3. The molecule has 10 heteroatoms. The van der Waals surface area contributed by atoms with Gasteiger partial charge >= 0.3 is 0 Å². The van der Waals surface area contributed by atoms with Crippen molar-refractivity contribution < 1.29 is 39.5 Å². The molecule has 0 saturated carbocycles. The maximum atomic E-state index is 13.1. The number of rotatable bonds is 4. The monoisotopic (exact) mass is 462 g/mol. The molecule has 1 saturated heterocycles. The third-order valence-electron chi connectivity index (χ3n) is 6.26. The highest BCUT2D eigenvalue weighted by Gasteiger charge is 2.48. The molecule has 179 valence electrons. The molecule has 0 aliphatic carbocycles. The minimum atomic E-state index is -1.63. The van der Waals surface area contributed by atoms with E-state index in [-0.39, 0.29) is 22.5 Å². The minimum absolute atomic E-state index is 0.0302. The maximum Gasteiger partial charge on any atom is 0.229 e. The first-order valence-corrected chi connectivity index (χ1v) is 10.6. The van der Waals surface area contributed by atoms with E-state index in [1.54, 1.807) is 45.9 Å². The van der Waals surface area contributed by atoms with Crippen molar-refractivity contribution in [2.45, 2.75) is 69.5 Å². The highest BCUT2D eigenvalue weighted by molar-refractivity contribution is 5.85. The lowest BCUT2D eigenvalue weighted by Crippen LogP contribution is -2.60. The van der Waals surface area contributed by atoms with Gasteiger partial charge in [0.2, 0.25) is 6.29 Å². The van der Waals surface area contributed by atoms with Gasteiger partial charge in [0.25, 0.3) is 0 Å². The number of hydroxylamine groups is 2. The van der Waals surface area contributed by atoms with E-state index in [0.29, 0.717) is 5.57 Å². The minimum Gasteiger partial charge on any atom is -0.461 e. The molecule has 2 aliphatic rings. The summed E-state index contributed by atoms with van der Waals surface area (Å²) in [6.07, 6.45) is -5.60. The van der Waals surface area contributed by atoms with Crippen molar-refractivity contribution in [3.63, 3.8) is 0 Å². The average molecular weight is 462 g/mol. The largest absolute Gasteiger partial charge is 0.461 e. The number of fused-ring (bicyclic) bond motifs is 1. The highest BCUT2D eigenvalue weighted by atomic mass is 16.7. The summed E-state index contributed by atoms with van der Waals surface area (Å²) in [7, 11) is 0. The Kier molecular flexibility index (Phi) is 5.90. The van der Waals surface area contributed by atoms with Gasteiger partial charge in [-0.25, -0.2) is 0 Å². The summed E-state index contributed by atoms with van der Waals surface area (Å²) in [5, 5.41) is 53.3. The van der Waals surface area contributed by atoms with E-state index in [1.165, 1.54) is 12.1 Å². The summed E-state index contributed by atoms with van der Waals surface area (Å²) < 4.78 is 17.1. The van der Waals surface area contributed by atoms with Crippen LogP contribution >= 0.6 is 0 Å². The molecule has 1 fully saturated rings. The topological polar surface area (TPSA) is 153 Å². The van der Waals surface area contributed by atoms with Gasteiger partial charge in [0, 0.05) is 11.6 Å². The van der Waals surface area contributed by atoms with Crippen LogP contribution in [0.4, 0.5) is 0 Å². The summed E-state index contributed by atoms with van der Waals surface area (Å²) >= 11 is 0. The summed E-state index contributed by atoms with van der Waals surface area (Å²) in [6, 6.07) is 5.91. The Morgan fingerprint density at radius 3 is 2.39 bits per heavy atom. The van der Waals surface area contributed by atoms with Crippen LogP contribution in [0.5, 0.6) is 5.75 Å². The van der Waals surface area contributed by atoms with Crippen molar-refractivity contribution in [3.8, 4) is 5.75 Å². The molecule has 33 heavy (non-hydrogen) atoms. The molecule has 0 amide bonds. The predicted molar refractivity (Wildman–Crippen MR) is 116 cm³/mol. The molecule has 0 unspecified atom stereocenters. The smallest absolute Gasteiger partial charge is 0.229 e. The molecule has 2 aromatic rings. The summed E-state index contributed by atoms with van der Waals surface area (Å²) in [6.45, 7) is 6.46. The Morgan fingerprint density at radius 1 is 1.09 bits per heavy atom. The van der Waals surface area contributed by atoms with Crippen molar-refractivity contribution in [3.05, 3.63) is 46.3 Å². The van der Waals surface area contributed by atoms with E-state index < -0.39 is 53.8 Å². The van der Waals surface area contributed by atoms with Crippen LogP contribution < -0.4 is 10.2 Å². The maximum absolute atomic E-state index is 13.1. The van der Waals surface area contributed by atoms with Gasteiger partial charge in [0.15, 0.2) is 5.43 Å². The van der Waals surface area contributed by atoms with E-state index >= 15 is 0 Å². The van der Waals surface area contributed by atoms with Gasteiger partial charge in [-0.2, -0.15) is 0 Å². The molecule has 0 spiro atoms. The zero-order valence-electron chi connectivity index (χ0n) is 18.8. The van der Waals surface area contributed by atoms with Crippen molar-refractivity contribution >= 4 is 16.5 Å². The second-order valence-electron chi connectivity index (χ2n) is 9.48. The number of hydrogen-bond acceptors (Lipinski definition) is 9. The van der Waals surface area contributed by atoms with Crippen molar-refractivity contribution in [2.75, 3.05) is 6.61 Å². The summed E-state index contributed by atoms with van der Waals surface area (Å²) in [4.78, 5) is 13.1. The lowest BCUT2D eigenvalue weighted by molar-refractivity contribution is -0.277. The fourth-order valence-corrected chi connectivity index (χ4v) is 4.49. The van der Waals surface area contributed by atoms with Crippen LogP contribution in [0.3, 0.4) is 0 Å². The van der Waals surface area contributed by atoms with E-state index in [1.807, 2.05) is 0 Å². The van der Waals surface area contributed by atoms with Crippen LogP contribution in [-0.2, 0) is 9.94 Å². The Bertz CT molecular complexity index is 1140. The van der Waals surface area contributed by atoms with E-state index in [0.717, 1.165) is 5.06 Å². The summed E-state index contributed by atoms with van der Waals surface area (Å²) in [5.41, 5.74) is -1.36. The molecule has 5 atom stereocenters. The molecule has 2 aliphatic heterocycles. The fourth-order valence-electron chi connectivity index (χ4n) is 4.49. The third-order valence-corrected chi connectivity index (χ3v) is 6.26. The lowest BCUT2D eigenvalue weighted by Gasteiger charge is -2.39. The van der Waals surface area contributed by atoms with E-state index in [9.17, 15) is 30.4 Å². The molecule has 1 aromatic heterocycles. The van der Waals surface area contributed by atoms with Gasteiger partial charge in [0.1, 0.15) is 46.9 Å². The molecule has 10 nitrogen and oxygen atoms in total. The van der Waals surface area contributed by atoms with Crippen LogP contribution in [0.25, 0.3) is 16.5 Å². The fraction of sp³-hybridized carbons (Fsp3) is 0.522. The molecular formula is C23H28NO9. The second kappa shape index (κ2) is 8.17. The van der Waals surface area contributed by atoms with Gasteiger partial charge in [-0.05, 0) is 39.8 Å². The van der Waals surface area contributed by atoms with Crippen molar-refractivity contribution in [1.82, 2.24) is 5.06 Å². The van der Waals surface area contributed by atoms with Crippen LogP contribution in [0.2, 0.25) is 0 Å². The highest BCUT2D eigenvalue weighted by Crippen LogP contribution is 2.44. The van der Waals surface area contributed by atoms with Crippen molar-refractivity contribution in [1.29, 1.82) is 0 Å². The van der Waals surface area contributed by atoms with Crippen LogP contribution in [-0.4, -0.2) is 73.9 Å². The second-order valence-corrected chi connectivity index (χ2v) is 9.48. The van der Waals surface area contributed by atoms with E-state index in [4.69, 9.17) is 13.9 Å². The normalized spacial score (nSPS) is 31.5. The molecule has 0 bridgehead atoms. The zero-order valence-corrected chi connectivity index (χ0v) is 18.8. The predicted octanol–water partition coefficient (Wildman–Crippen LogP) is 0.573. The first-order chi connectivity index (χ1) is 15.4. The lowest BCUT2D eigenvalue weighted by atomic mass is 9.94. The SMILES string of the molecule is CC1(C)C=C(c2cc(=O)c3c(O[C@@H]4O[C@H](CO)[C@@H](O)[C@H](O)[C@H]4O)cccc3o2)C(C)(C)N1[O]. The van der Waals surface area contributed by atoms with Crippen molar-refractivity contribution in [2.24, 2.45) is 0 Å². The van der Waals surface area contributed by atoms with Gasteiger partial charge < -0.3 is 34.3 Å². The molecule has 4 rings (SSSR count). The van der Waals surface area contributed by atoms with Crippen LogP contribution in [0.15, 0.2) is 39.6 Å². The molecule has 1 radical (unpaired) electrons. The molecule has 4 N–H and O–H groups in total. The van der Waals surface area contributed by atoms with Gasteiger partial charge in [0.05, 0.1) is 17.7 Å². The molecule has 1 aromatic carbocycles. The quantitative estimate of drug-likeness (QED) is 0.511. The molecule has 3 heterocycles. The standard InChI is InChI=1S/C23H28NO9/c1-22(2)9-11(23(3,4)24(22)30)15-8-12(26)17-13(31-15)6-5-7-14(17)32-21-20(29)19(28)18(27)16(10-25)33-21/h5-9,16,18-21,25,27-29H,10H2,1-4H3/t16-,18-,19+,20-,21-/m1/s1. The number of nitrogens with zero attached hydrogens (tertiary/aromatic N) is 1. The Morgan fingerprint density at radius 2 is 1.79 bits per heavy atom. The third kappa shape index (κ3) is 3.87. The summed E-state index contributed by atoms with van der Waals surface area (Å²) in [5.74, 6) is 0.288. The Hall–Kier alpha value is -2.31. The first-order valence-electron chi connectivity index (χ1n) is 10.6. The Balaban J connectivity index is 1.73. The Labute approximate surface area is 189 Å². The average Bonchev–Trinajstić information content (AvgIpc) is 2.93. The first kappa shape index (κ1) is 23.8. The van der Waals surface area contributed by atoms with Crippen LogP contribution in [0, 0.1) is 0 Å². The van der Waals surface area contributed by atoms with Gasteiger partial charge in [-0.15, -0.1) is 10.3 Å². The van der Waals surface area contributed by atoms with Gasteiger partial charge in [-0.3, -0.25) is 4.79 Å². The number of aliphatic hydroxyl groups excluding tert-OH is 4. The van der Waals surface area contributed by atoms with E-state index in [2.05, 4.69) is 0 Å². The number of benzene rings is 1. The van der Waals surface area contributed by atoms with Crippen LogP contribution in [0.1, 0.15) is 33.5 Å². The number of aliphatic hydroxyl groups is 4. The number of hydrogen-bond donors (Lipinski definition) is 4. The van der Waals surface area contributed by atoms with Gasteiger partial charge in [-0.1, -0.05) is 12.1 Å². The number of ether oxygens (including phenoxy) is 2. The molecular weight excluding hydrogens is 434 g/mol.